The van der Waals surface area contributed by atoms with Gasteiger partial charge in [0.2, 0.25) is 0 Å². The number of Topliss-reactive ketones (excluding diaryl/α,β-unsaturated/α-hetero) is 1. The minimum absolute atomic E-state index is 0.0156. The van der Waals surface area contributed by atoms with E-state index in [0.29, 0.717) is 5.56 Å². The molecule has 1 heterocycles. The van der Waals surface area contributed by atoms with Crippen LogP contribution in [0.3, 0.4) is 0 Å². The maximum Gasteiger partial charge on any atom is 0.322 e. The summed E-state index contributed by atoms with van der Waals surface area (Å²) in [6, 6.07) is 5.60. The van der Waals surface area contributed by atoms with Gasteiger partial charge in [-0.3, -0.25) is 9.59 Å². The number of aryl methyl sites for hydroxylation is 2. The van der Waals surface area contributed by atoms with Crippen LogP contribution in [-0.4, -0.2) is 30.1 Å². The Bertz CT molecular complexity index is 543. The zero-order valence-corrected chi connectivity index (χ0v) is 10.6. The summed E-state index contributed by atoms with van der Waals surface area (Å²) >= 11 is 0. The van der Waals surface area contributed by atoms with Gasteiger partial charge in [-0.25, -0.2) is 0 Å². The monoisotopic (exact) mass is 260 g/mol. The van der Waals surface area contributed by atoms with Crippen LogP contribution in [0.4, 0.5) is 0 Å². The smallest absolute Gasteiger partial charge is 0.322 e. The predicted octanol–water partition coefficient (Wildman–Crippen LogP) is 1.85. The van der Waals surface area contributed by atoms with Crippen molar-refractivity contribution in [1.29, 1.82) is 0 Å². The molecule has 0 amide bonds. The lowest BCUT2D eigenvalue weighted by atomic mass is 9.77. The van der Waals surface area contributed by atoms with Crippen LogP contribution >= 0.6 is 0 Å². The van der Waals surface area contributed by atoms with Crippen molar-refractivity contribution in [2.24, 2.45) is 5.41 Å². The van der Waals surface area contributed by atoms with E-state index in [-0.39, 0.29) is 19.0 Å². The maximum absolute atomic E-state index is 12.4. The molecule has 1 aromatic rings. The SMILES string of the molecule is O=C(O)C1(C(=O)c2ccc3c(c2)CCCC3)COC1. The standard InChI is InChI=1S/C15H16O4/c16-13(15(14(17)18)8-19-9-15)12-6-5-10-3-1-2-4-11(10)7-12/h5-7H,1-4,8-9H2,(H,17,18). The second-order valence-corrected chi connectivity index (χ2v) is 5.40. The van der Waals surface area contributed by atoms with Crippen LogP contribution in [0, 0.1) is 5.41 Å². The first-order valence-corrected chi connectivity index (χ1v) is 6.61. The lowest BCUT2D eigenvalue weighted by Crippen LogP contribution is -2.54. The maximum atomic E-state index is 12.4. The second kappa shape index (κ2) is 4.46. The van der Waals surface area contributed by atoms with Crippen LogP contribution in [0.2, 0.25) is 0 Å². The fourth-order valence-corrected chi connectivity index (χ4v) is 2.81. The average molecular weight is 260 g/mol. The molecule has 4 nitrogen and oxygen atoms in total. The Balaban J connectivity index is 1.94. The summed E-state index contributed by atoms with van der Waals surface area (Å²) in [6.45, 7) is -0.0312. The number of ketones is 1. The first-order chi connectivity index (χ1) is 9.13. The quantitative estimate of drug-likeness (QED) is 0.665. The Morgan fingerprint density at radius 3 is 2.37 bits per heavy atom. The highest BCUT2D eigenvalue weighted by molar-refractivity contribution is 6.13. The molecule has 0 atom stereocenters. The van der Waals surface area contributed by atoms with Crippen LogP contribution in [-0.2, 0) is 22.4 Å². The third-order valence-corrected chi connectivity index (χ3v) is 4.15. The number of carbonyl (C=O) groups is 2. The number of carboxylic acid groups (broad SMARTS) is 1. The van der Waals surface area contributed by atoms with Gasteiger partial charge < -0.3 is 9.84 Å². The van der Waals surface area contributed by atoms with Crippen molar-refractivity contribution in [3.05, 3.63) is 34.9 Å². The lowest BCUT2D eigenvalue weighted by molar-refractivity contribution is -0.168. The van der Waals surface area contributed by atoms with Gasteiger partial charge in [-0.05, 0) is 42.9 Å². The van der Waals surface area contributed by atoms with Crippen LogP contribution in [0.15, 0.2) is 18.2 Å². The number of ether oxygens (including phenoxy) is 1. The van der Waals surface area contributed by atoms with E-state index in [9.17, 15) is 14.7 Å². The van der Waals surface area contributed by atoms with Crippen molar-refractivity contribution in [1.82, 2.24) is 0 Å². The summed E-state index contributed by atoms with van der Waals surface area (Å²) in [5, 5.41) is 9.25. The van der Waals surface area contributed by atoms with Gasteiger partial charge >= 0.3 is 5.97 Å². The molecule has 4 heteroatoms. The van der Waals surface area contributed by atoms with Crippen molar-refractivity contribution in [3.8, 4) is 0 Å². The zero-order chi connectivity index (χ0) is 13.5. The van der Waals surface area contributed by atoms with Crippen LogP contribution in [0.25, 0.3) is 0 Å². The molecule has 100 valence electrons. The molecule has 1 fully saturated rings. The first-order valence-electron chi connectivity index (χ1n) is 6.61. The van der Waals surface area contributed by atoms with Gasteiger partial charge in [0.1, 0.15) is 0 Å². The number of fused-ring (bicyclic) bond motifs is 1. The third-order valence-electron chi connectivity index (χ3n) is 4.15. The molecule has 2 aliphatic rings. The van der Waals surface area contributed by atoms with Gasteiger partial charge in [-0.1, -0.05) is 12.1 Å². The summed E-state index contributed by atoms with van der Waals surface area (Å²) < 4.78 is 4.95. The van der Waals surface area contributed by atoms with E-state index in [1.165, 1.54) is 17.5 Å². The molecule has 0 spiro atoms. The van der Waals surface area contributed by atoms with Crippen molar-refractivity contribution in [2.75, 3.05) is 13.2 Å². The Hall–Kier alpha value is -1.68. The molecular weight excluding hydrogens is 244 g/mol. The molecule has 1 saturated heterocycles. The molecule has 19 heavy (non-hydrogen) atoms. The molecular formula is C15H16O4. The number of carboxylic acids is 1. The van der Waals surface area contributed by atoms with Gasteiger partial charge in [-0.15, -0.1) is 0 Å². The van der Waals surface area contributed by atoms with Crippen molar-refractivity contribution < 1.29 is 19.4 Å². The summed E-state index contributed by atoms with van der Waals surface area (Å²) in [5.41, 5.74) is 1.63. The van der Waals surface area contributed by atoms with Gasteiger partial charge in [0.15, 0.2) is 11.2 Å². The molecule has 0 radical (unpaired) electrons. The van der Waals surface area contributed by atoms with Crippen molar-refractivity contribution in [2.45, 2.75) is 25.7 Å². The normalized spacial score (nSPS) is 20.2. The molecule has 1 aliphatic carbocycles. The van der Waals surface area contributed by atoms with E-state index in [0.717, 1.165) is 19.3 Å². The topological polar surface area (TPSA) is 63.6 Å². The number of benzene rings is 1. The lowest BCUT2D eigenvalue weighted by Gasteiger charge is -2.35. The molecule has 3 rings (SSSR count). The zero-order valence-electron chi connectivity index (χ0n) is 10.6. The number of carbonyl (C=O) groups excluding carboxylic acids is 1. The highest BCUT2D eigenvalue weighted by atomic mass is 16.5. The Kier molecular flexibility index (Phi) is 2.90. The Morgan fingerprint density at radius 2 is 1.79 bits per heavy atom. The van der Waals surface area contributed by atoms with E-state index in [2.05, 4.69) is 0 Å². The molecule has 1 aromatic carbocycles. The molecule has 0 aromatic heterocycles. The Morgan fingerprint density at radius 1 is 1.11 bits per heavy atom. The van der Waals surface area contributed by atoms with Crippen LogP contribution in [0.5, 0.6) is 0 Å². The molecule has 1 aliphatic heterocycles. The summed E-state index contributed by atoms with van der Waals surface area (Å²) in [6.07, 6.45) is 4.36. The molecule has 0 bridgehead atoms. The number of rotatable bonds is 3. The predicted molar refractivity (Wildman–Crippen MR) is 68.3 cm³/mol. The average Bonchev–Trinajstić information content (AvgIpc) is 2.36. The number of hydrogen-bond donors (Lipinski definition) is 1. The fourth-order valence-electron chi connectivity index (χ4n) is 2.81. The van der Waals surface area contributed by atoms with Crippen LogP contribution in [0.1, 0.15) is 34.3 Å². The van der Waals surface area contributed by atoms with Gasteiger partial charge in [-0.2, -0.15) is 0 Å². The molecule has 0 unspecified atom stereocenters. The summed E-state index contributed by atoms with van der Waals surface area (Å²) in [5.74, 6) is -1.40. The Labute approximate surface area is 111 Å². The molecule has 1 N–H and O–H groups in total. The van der Waals surface area contributed by atoms with E-state index in [1.807, 2.05) is 12.1 Å². The summed E-state index contributed by atoms with van der Waals surface area (Å²) in [4.78, 5) is 23.7. The highest BCUT2D eigenvalue weighted by Crippen LogP contribution is 2.33. The first kappa shape index (κ1) is 12.4. The number of hydrogen-bond acceptors (Lipinski definition) is 3. The molecule has 0 saturated carbocycles. The van der Waals surface area contributed by atoms with E-state index >= 15 is 0 Å². The van der Waals surface area contributed by atoms with Crippen molar-refractivity contribution in [3.63, 3.8) is 0 Å². The van der Waals surface area contributed by atoms with E-state index in [1.54, 1.807) is 6.07 Å². The number of aliphatic carboxylic acids is 1. The van der Waals surface area contributed by atoms with Crippen LogP contribution < -0.4 is 0 Å². The van der Waals surface area contributed by atoms with Gasteiger partial charge in [0.05, 0.1) is 13.2 Å². The van der Waals surface area contributed by atoms with E-state index < -0.39 is 11.4 Å². The van der Waals surface area contributed by atoms with Gasteiger partial charge in [0.25, 0.3) is 0 Å². The van der Waals surface area contributed by atoms with E-state index in [4.69, 9.17) is 4.74 Å². The van der Waals surface area contributed by atoms with Crippen molar-refractivity contribution >= 4 is 11.8 Å². The third kappa shape index (κ3) is 1.87. The second-order valence-electron chi connectivity index (χ2n) is 5.40. The highest BCUT2D eigenvalue weighted by Gasteiger charge is 2.53. The van der Waals surface area contributed by atoms with Gasteiger partial charge in [0, 0.05) is 5.56 Å². The fraction of sp³-hybridized carbons (Fsp3) is 0.467. The largest absolute Gasteiger partial charge is 0.480 e. The summed E-state index contributed by atoms with van der Waals surface area (Å²) in [7, 11) is 0. The minimum atomic E-state index is -1.36. The minimum Gasteiger partial charge on any atom is -0.480 e.